The Bertz CT molecular complexity index is 246. The van der Waals surface area contributed by atoms with E-state index in [9.17, 15) is 4.79 Å². The molecule has 0 saturated heterocycles. The Morgan fingerprint density at radius 3 is 2.90 bits per heavy atom. The van der Waals surface area contributed by atoms with Crippen molar-refractivity contribution >= 4 is 28.8 Å². The Morgan fingerprint density at radius 1 is 1.80 bits per heavy atom. The molecule has 0 unspecified atom stereocenters. The number of nitrogens with one attached hydrogen (secondary N) is 1. The van der Waals surface area contributed by atoms with Gasteiger partial charge in [-0.1, -0.05) is 11.6 Å². The molecule has 2 nitrogen and oxygen atoms in total. The first kappa shape index (κ1) is 7.57. The van der Waals surface area contributed by atoms with Crippen LogP contribution in [0.5, 0.6) is 0 Å². The first-order valence-electron chi connectivity index (χ1n) is 2.70. The van der Waals surface area contributed by atoms with Crippen molar-refractivity contribution in [2.24, 2.45) is 0 Å². The minimum absolute atomic E-state index is 0.0862. The highest BCUT2D eigenvalue weighted by molar-refractivity contribution is 7.12. The summed E-state index contributed by atoms with van der Waals surface area (Å²) in [5, 5.41) is 4.85. The van der Waals surface area contributed by atoms with Crippen LogP contribution in [0.15, 0.2) is 11.4 Å². The molecule has 4 heteroatoms. The van der Waals surface area contributed by atoms with Gasteiger partial charge in [0.1, 0.15) is 0 Å². The number of halogens is 1. The van der Waals surface area contributed by atoms with E-state index in [1.807, 2.05) is 0 Å². The van der Waals surface area contributed by atoms with E-state index in [-0.39, 0.29) is 5.91 Å². The number of carbonyl (C=O) groups is 1. The van der Waals surface area contributed by atoms with E-state index in [1.165, 1.54) is 11.3 Å². The van der Waals surface area contributed by atoms with Crippen LogP contribution in [0.4, 0.5) is 0 Å². The lowest BCUT2D eigenvalue weighted by atomic mass is 10.4. The molecule has 0 saturated carbocycles. The van der Waals surface area contributed by atoms with Crippen LogP contribution in [0.3, 0.4) is 0 Å². The lowest BCUT2D eigenvalue weighted by Crippen LogP contribution is -2.15. The maximum atomic E-state index is 10.9. The van der Waals surface area contributed by atoms with E-state index >= 15 is 0 Å². The number of rotatable bonds is 1. The van der Waals surface area contributed by atoms with Gasteiger partial charge >= 0.3 is 0 Å². The molecule has 1 aromatic rings. The van der Waals surface area contributed by atoms with Gasteiger partial charge in [-0.3, -0.25) is 4.79 Å². The molecule has 0 fully saturated rings. The molecule has 0 radical (unpaired) electrons. The molecule has 1 heterocycles. The predicted molar refractivity (Wildman–Crippen MR) is 42.7 cm³/mol. The third kappa shape index (κ3) is 1.49. The highest BCUT2D eigenvalue weighted by Crippen LogP contribution is 2.18. The Balaban J connectivity index is 2.85. The van der Waals surface area contributed by atoms with Gasteiger partial charge in [0.05, 0.1) is 9.90 Å². The second-order valence-corrected chi connectivity index (χ2v) is 3.06. The standard InChI is InChI=1S/C6H6ClNOS/c1-8-6(9)5-2-4(7)3-10-5/h2-3H,1H3,(H,8,9). The van der Waals surface area contributed by atoms with Gasteiger partial charge in [-0.15, -0.1) is 11.3 Å². The minimum Gasteiger partial charge on any atom is -0.354 e. The van der Waals surface area contributed by atoms with Crippen molar-refractivity contribution in [2.75, 3.05) is 7.05 Å². The second kappa shape index (κ2) is 3.03. The molecule has 1 N–H and O–H groups in total. The van der Waals surface area contributed by atoms with Gasteiger partial charge in [0.2, 0.25) is 0 Å². The summed E-state index contributed by atoms with van der Waals surface area (Å²) in [5.74, 6) is -0.0862. The van der Waals surface area contributed by atoms with Crippen molar-refractivity contribution in [3.63, 3.8) is 0 Å². The van der Waals surface area contributed by atoms with Gasteiger partial charge in [0, 0.05) is 12.4 Å². The van der Waals surface area contributed by atoms with Crippen LogP contribution in [0.1, 0.15) is 9.67 Å². The number of carbonyl (C=O) groups excluding carboxylic acids is 1. The Kier molecular flexibility index (Phi) is 2.29. The average Bonchev–Trinajstić information content (AvgIpc) is 2.34. The quantitative estimate of drug-likeness (QED) is 0.693. The van der Waals surface area contributed by atoms with E-state index in [1.54, 1.807) is 18.5 Å². The van der Waals surface area contributed by atoms with Gasteiger partial charge in [0.15, 0.2) is 0 Å². The fourth-order valence-electron chi connectivity index (χ4n) is 0.555. The largest absolute Gasteiger partial charge is 0.354 e. The molecule has 1 amide bonds. The maximum absolute atomic E-state index is 10.9. The van der Waals surface area contributed by atoms with Crippen LogP contribution in [0, 0.1) is 0 Å². The van der Waals surface area contributed by atoms with Crippen molar-refractivity contribution in [3.8, 4) is 0 Å². The van der Waals surface area contributed by atoms with Gasteiger partial charge in [0.25, 0.3) is 5.91 Å². The molecule has 0 atom stereocenters. The molecule has 0 bridgehead atoms. The molecule has 0 aliphatic carbocycles. The van der Waals surface area contributed by atoms with E-state index in [4.69, 9.17) is 11.6 Å². The van der Waals surface area contributed by atoms with Gasteiger partial charge in [-0.2, -0.15) is 0 Å². The van der Waals surface area contributed by atoms with Gasteiger partial charge < -0.3 is 5.32 Å². The molecule has 0 aliphatic rings. The van der Waals surface area contributed by atoms with Gasteiger partial charge in [-0.05, 0) is 6.07 Å². The SMILES string of the molecule is CNC(=O)c1cc(Cl)cs1. The minimum atomic E-state index is -0.0862. The van der Waals surface area contributed by atoms with Crippen molar-refractivity contribution < 1.29 is 4.79 Å². The van der Waals surface area contributed by atoms with Crippen LogP contribution in [-0.4, -0.2) is 13.0 Å². The van der Waals surface area contributed by atoms with Crippen molar-refractivity contribution in [3.05, 3.63) is 21.3 Å². The first-order valence-corrected chi connectivity index (χ1v) is 3.96. The fraction of sp³-hybridized carbons (Fsp3) is 0.167. The van der Waals surface area contributed by atoms with Crippen LogP contribution in [-0.2, 0) is 0 Å². The van der Waals surface area contributed by atoms with Crippen molar-refractivity contribution in [2.45, 2.75) is 0 Å². The molecule has 0 spiro atoms. The lowest BCUT2D eigenvalue weighted by molar-refractivity contribution is 0.0967. The topological polar surface area (TPSA) is 29.1 Å². The maximum Gasteiger partial charge on any atom is 0.261 e. The predicted octanol–water partition coefficient (Wildman–Crippen LogP) is 1.76. The summed E-state index contributed by atoms with van der Waals surface area (Å²) in [7, 11) is 1.59. The average molecular weight is 176 g/mol. The third-order valence-electron chi connectivity index (χ3n) is 1.02. The number of amides is 1. The van der Waals surface area contributed by atoms with Crippen LogP contribution in [0.2, 0.25) is 5.02 Å². The number of hydrogen-bond acceptors (Lipinski definition) is 2. The van der Waals surface area contributed by atoms with Crippen molar-refractivity contribution in [1.82, 2.24) is 5.32 Å². The monoisotopic (exact) mass is 175 g/mol. The molecular weight excluding hydrogens is 170 g/mol. The van der Waals surface area contributed by atoms with E-state index in [0.29, 0.717) is 9.90 Å². The Hall–Kier alpha value is -0.540. The molecule has 1 rings (SSSR count). The molecule has 10 heavy (non-hydrogen) atoms. The molecule has 0 aliphatic heterocycles. The van der Waals surface area contributed by atoms with Crippen LogP contribution in [0.25, 0.3) is 0 Å². The highest BCUT2D eigenvalue weighted by Gasteiger charge is 2.04. The second-order valence-electron chi connectivity index (χ2n) is 1.71. The number of hydrogen-bond donors (Lipinski definition) is 1. The van der Waals surface area contributed by atoms with E-state index in [0.717, 1.165) is 0 Å². The zero-order valence-electron chi connectivity index (χ0n) is 5.35. The smallest absolute Gasteiger partial charge is 0.261 e. The highest BCUT2D eigenvalue weighted by atomic mass is 35.5. The van der Waals surface area contributed by atoms with Crippen LogP contribution < -0.4 is 5.32 Å². The summed E-state index contributed by atoms with van der Waals surface area (Å²) < 4.78 is 0. The van der Waals surface area contributed by atoms with E-state index in [2.05, 4.69) is 5.32 Å². The lowest BCUT2D eigenvalue weighted by Gasteiger charge is -1.90. The van der Waals surface area contributed by atoms with Crippen LogP contribution >= 0.6 is 22.9 Å². The molecular formula is C6H6ClNOS. The molecule has 0 aromatic carbocycles. The van der Waals surface area contributed by atoms with Crippen molar-refractivity contribution in [1.29, 1.82) is 0 Å². The summed E-state index contributed by atoms with van der Waals surface area (Å²) in [6, 6.07) is 1.64. The first-order chi connectivity index (χ1) is 4.74. The number of thiophene rings is 1. The summed E-state index contributed by atoms with van der Waals surface area (Å²) in [6.45, 7) is 0. The summed E-state index contributed by atoms with van der Waals surface area (Å²) >= 11 is 6.93. The normalized spacial score (nSPS) is 9.40. The zero-order valence-corrected chi connectivity index (χ0v) is 6.92. The summed E-state index contributed by atoms with van der Waals surface area (Å²) in [5.41, 5.74) is 0. The third-order valence-corrected chi connectivity index (χ3v) is 2.29. The Labute approximate surface area is 67.8 Å². The zero-order chi connectivity index (χ0) is 7.56. The summed E-state index contributed by atoms with van der Waals surface area (Å²) in [4.78, 5) is 11.5. The Morgan fingerprint density at radius 2 is 2.50 bits per heavy atom. The fourth-order valence-corrected chi connectivity index (χ4v) is 1.57. The van der Waals surface area contributed by atoms with Gasteiger partial charge in [-0.25, -0.2) is 0 Å². The molecule has 1 aromatic heterocycles. The molecule has 54 valence electrons. The summed E-state index contributed by atoms with van der Waals surface area (Å²) in [6.07, 6.45) is 0. The van der Waals surface area contributed by atoms with E-state index < -0.39 is 0 Å².